The van der Waals surface area contributed by atoms with Gasteiger partial charge in [0.05, 0.1) is 27.7 Å². The van der Waals surface area contributed by atoms with E-state index in [0.717, 1.165) is 14.5 Å². The molecular formula is C19H32Br2O2Si. The van der Waals surface area contributed by atoms with Crippen molar-refractivity contribution in [3.63, 3.8) is 0 Å². The fourth-order valence-corrected chi connectivity index (χ4v) is 2.13. The third-order valence-electron chi connectivity index (χ3n) is 1.92. The minimum Gasteiger partial charge on any atom is -0.472 e. The van der Waals surface area contributed by atoms with E-state index in [1.165, 1.54) is 0 Å². The Bertz CT molecular complexity index is 580. The van der Waals surface area contributed by atoms with E-state index in [-0.39, 0.29) is 29.7 Å². The van der Waals surface area contributed by atoms with Gasteiger partial charge in [-0.2, -0.15) is 0 Å². The molecule has 2 aromatic rings. The zero-order chi connectivity index (χ0) is 15.0. The Hall–Kier alpha value is -0.963. The molecule has 2 nitrogen and oxygen atoms in total. The van der Waals surface area contributed by atoms with Crippen molar-refractivity contribution in [1.29, 1.82) is 0 Å². The molecule has 0 bridgehead atoms. The van der Waals surface area contributed by atoms with Crippen molar-refractivity contribution in [2.45, 2.75) is 49.3 Å². The molecule has 0 N–H and O–H groups in total. The molecule has 0 aromatic carbocycles. The molecule has 0 saturated carbocycles. The maximum Gasteiger partial charge on any atom is 0.129 e. The van der Waals surface area contributed by atoms with Crippen LogP contribution < -0.4 is 0 Å². The van der Waals surface area contributed by atoms with Gasteiger partial charge in [-0.25, -0.2) is 0 Å². The van der Waals surface area contributed by atoms with Crippen molar-refractivity contribution in [3.8, 4) is 11.5 Å². The SMILES string of the molecule is BrC(Br)=Cc1ccoc1.C.C.C.C.C[Si](C)(C)C#Cc1ccoc1. The molecule has 0 spiro atoms. The van der Waals surface area contributed by atoms with Crippen molar-refractivity contribution in [2.75, 3.05) is 0 Å². The van der Waals surface area contributed by atoms with Crippen LogP contribution >= 0.6 is 31.9 Å². The first-order valence-corrected chi connectivity index (χ1v) is 11.1. The molecule has 2 aromatic heterocycles. The maximum absolute atomic E-state index is 4.89. The highest BCUT2D eigenvalue weighted by Gasteiger charge is 2.07. The molecule has 0 radical (unpaired) electrons. The average Bonchev–Trinajstić information content (AvgIpc) is 2.97. The van der Waals surface area contributed by atoms with Gasteiger partial charge in [0, 0.05) is 5.56 Å². The van der Waals surface area contributed by atoms with E-state index in [4.69, 9.17) is 8.83 Å². The number of rotatable bonds is 1. The summed E-state index contributed by atoms with van der Waals surface area (Å²) >= 11 is 6.46. The summed E-state index contributed by atoms with van der Waals surface area (Å²) in [5, 5.41) is 0. The van der Waals surface area contributed by atoms with E-state index in [2.05, 4.69) is 63.0 Å². The molecule has 0 amide bonds. The minimum atomic E-state index is -1.22. The summed E-state index contributed by atoms with van der Waals surface area (Å²) in [6, 6.07) is 3.76. The van der Waals surface area contributed by atoms with Crippen molar-refractivity contribution < 1.29 is 8.83 Å². The van der Waals surface area contributed by atoms with Crippen LogP contribution in [-0.2, 0) is 0 Å². The van der Waals surface area contributed by atoms with Gasteiger partial charge < -0.3 is 8.83 Å². The highest BCUT2D eigenvalue weighted by Crippen LogP contribution is 2.17. The summed E-state index contributed by atoms with van der Waals surface area (Å²) in [6.07, 6.45) is 8.53. The summed E-state index contributed by atoms with van der Waals surface area (Å²) in [5.74, 6) is 3.08. The third-order valence-corrected chi connectivity index (χ3v) is 3.25. The monoisotopic (exact) mass is 478 g/mol. The second kappa shape index (κ2) is 15.6. The lowest BCUT2D eigenvalue weighted by molar-refractivity contribution is 0.566. The Balaban J connectivity index is -0.000000145. The van der Waals surface area contributed by atoms with Crippen molar-refractivity contribution in [2.24, 2.45) is 0 Å². The molecule has 0 unspecified atom stereocenters. The van der Waals surface area contributed by atoms with Crippen molar-refractivity contribution in [3.05, 3.63) is 51.7 Å². The van der Waals surface area contributed by atoms with Gasteiger partial charge >= 0.3 is 0 Å². The van der Waals surface area contributed by atoms with Crippen LogP contribution in [0.15, 0.2) is 49.4 Å². The number of furan rings is 2. The van der Waals surface area contributed by atoms with Gasteiger partial charge in [0.25, 0.3) is 0 Å². The predicted molar refractivity (Wildman–Crippen MR) is 120 cm³/mol. The van der Waals surface area contributed by atoms with Crippen LogP contribution in [0.4, 0.5) is 0 Å². The van der Waals surface area contributed by atoms with E-state index in [9.17, 15) is 0 Å². The Kier molecular flexibility index (Phi) is 20.0. The first kappa shape index (κ1) is 30.9. The summed E-state index contributed by atoms with van der Waals surface area (Å²) in [6.45, 7) is 6.67. The second-order valence-corrected chi connectivity index (χ2v) is 12.5. The Morgan fingerprint density at radius 1 is 0.958 bits per heavy atom. The topological polar surface area (TPSA) is 26.3 Å². The molecule has 2 rings (SSSR count). The van der Waals surface area contributed by atoms with Crippen LogP contribution in [0, 0.1) is 11.5 Å². The number of halogens is 2. The van der Waals surface area contributed by atoms with Crippen LogP contribution in [0.5, 0.6) is 0 Å². The van der Waals surface area contributed by atoms with E-state index < -0.39 is 8.07 Å². The molecular weight excluding hydrogens is 448 g/mol. The minimum absolute atomic E-state index is 0. The molecule has 0 fully saturated rings. The van der Waals surface area contributed by atoms with Crippen LogP contribution in [0.2, 0.25) is 19.6 Å². The van der Waals surface area contributed by atoms with Crippen LogP contribution in [0.1, 0.15) is 40.8 Å². The van der Waals surface area contributed by atoms with Crippen molar-refractivity contribution in [1.82, 2.24) is 0 Å². The lowest BCUT2D eigenvalue weighted by atomic mass is 10.3. The van der Waals surface area contributed by atoms with E-state index >= 15 is 0 Å². The molecule has 5 heteroatoms. The fourth-order valence-electron chi connectivity index (χ4n) is 1.08. The molecule has 24 heavy (non-hydrogen) atoms. The first-order chi connectivity index (χ1) is 9.37. The van der Waals surface area contributed by atoms with Crippen LogP contribution in [0.3, 0.4) is 0 Å². The Morgan fingerprint density at radius 2 is 1.50 bits per heavy atom. The van der Waals surface area contributed by atoms with Gasteiger partial charge in [-0.15, -0.1) is 5.54 Å². The molecule has 0 aliphatic heterocycles. The Labute approximate surface area is 167 Å². The van der Waals surface area contributed by atoms with Gasteiger partial charge in [-0.05, 0) is 50.1 Å². The lowest BCUT2D eigenvalue weighted by Gasteiger charge is -2.02. The Morgan fingerprint density at radius 3 is 1.88 bits per heavy atom. The highest BCUT2D eigenvalue weighted by molar-refractivity contribution is 9.28. The van der Waals surface area contributed by atoms with Gasteiger partial charge in [-0.3, -0.25) is 0 Å². The van der Waals surface area contributed by atoms with Gasteiger partial charge in [-0.1, -0.05) is 55.3 Å². The number of hydrogen-bond donors (Lipinski definition) is 0. The lowest BCUT2D eigenvalue weighted by Crippen LogP contribution is -2.16. The van der Waals surface area contributed by atoms with Gasteiger partial charge in [0.1, 0.15) is 14.3 Å². The molecule has 0 aliphatic rings. The van der Waals surface area contributed by atoms with E-state index in [1.54, 1.807) is 25.1 Å². The molecule has 2 heterocycles. The third kappa shape index (κ3) is 15.9. The van der Waals surface area contributed by atoms with Crippen LogP contribution in [-0.4, -0.2) is 8.07 Å². The maximum atomic E-state index is 4.89. The quantitative estimate of drug-likeness (QED) is 0.303. The average molecular weight is 480 g/mol. The van der Waals surface area contributed by atoms with E-state index in [0.29, 0.717) is 0 Å². The van der Waals surface area contributed by atoms with Gasteiger partial charge in [0.2, 0.25) is 0 Å². The predicted octanol–water partition coefficient (Wildman–Crippen LogP) is 8.42. The summed E-state index contributed by atoms with van der Waals surface area (Å²) in [4.78, 5) is 0. The molecule has 0 saturated heterocycles. The molecule has 138 valence electrons. The van der Waals surface area contributed by atoms with Crippen molar-refractivity contribution >= 4 is 46.0 Å². The van der Waals surface area contributed by atoms with Gasteiger partial charge in [0.15, 0.2) is 0 Å². The summed E-state index contributed by atoms with van der Waals surface area (Å²) in [5.41, 5.74) is 5.27. The largest absolute Gasteiger partial charge is 0.472 e. The zero-order valence-corrected chi connectivity index (χ0v) is 15.8. The second-order valence-electron chi connectivity index (χ2n) is 5.00. The van der Waals surface area contributed by atoms with E-state index in [1.807, 2.05) is 18.2 Å². The molecule has 0 aliphatic carbocycles. The normalized spacial score (nSPS) is 8.21. The molecule has 0 atom stereocenters. The standard InChI is InChI=1S/C9H12OSi.C6H4Br2O.4CH4/c1-11(2,3)7-5-9-4-6-10-8-9;7-6(8)3-5-1-2-9-4-5;;;;/h4,6,8H,1-3H3;1-4H;4*1H4. The zero-order valence-electron chi connectivity index (χ0n) is 11.6. The first-order valence-electron chi connectivity index (χ1n) is 5.97. The highest BCUT2D eigenvalue weighted by atomic mass is 79.9. The summed E-state index contributed by atoms with van der Waals surface area (Å²) in [7, 11) is -1.22. The fraction of sp³-hybridized carbons (Fsp3) is 0.368. The summed E-state index contributed by atoms with van der Waals surface area (Å²) < 4.78 is 10.6. The number of hydrogen-bond acceptors (Lipinski definition) is 2. The smallest absolute Gasteiger partial charge is 0.129 e. The van der Waals surface area contributed by atoms with Crippen LogP contribution in [0.25, 0.3) is 6.08 Å².